The van der Waals surface area contributed by atoms with E-state index in [4.69, 9.17) is 0 Å². The van der Waals surface area contributed by atoms with E-state index < -0.39 is 0 Å². The van der Waals surface area contributed by atoms with Crippen LogP contribution in [-0.2, 0) is 4.79 Å². The van der Waals surface area contributed by atoms with Gasteiger partial charge in [0.2, 0.25) is 5.91 Å². The SMILES string of the molecule is C=CC(=O)N1CCC(n2cc(Nc3ncc(C)s3)cn2)CC1. The molecular weight excluding hydrogens is 298 g/mol. The largest absolute Gasteiger partial charge is 0.339 e. The minimum Gasteiger partial charge on any atom is -0.339 e. The van der Waals surface area contributed by atoms with Crippen molar-refractivity contribution in [3.63, 3.8) is 0 Å². The average molecular weight is 317 g/mol. The van der Waals surface area contributed by atoms with E-state index in [2.05, 4.69) is 22.0 Å². The Labute approximate surface area is 133 Å². The van der Waals surface area contributed by atoms with Crippen molar-refractivity contribution in [1.29, 1.82) is 0 Å². The van der Waals surface area contributed by atoms with Crippen molar-refractivity contribution in [2.24, 2.45) is 0 Å². The molecule has 3 heterocycles. The van der Waals surface area contributed by atoms with Gasteiger partial charge >= 0.3 is 0 Å². The van der Waals surface area contributed by atoms with E-state index in [9.17, 15) is 4.79 Å². The monoisotopic (exact) mass is 317 g/mol. The Kier molecular flexibility index (Phi) is 4.24. The summed E-state index contributed by atoms with van der Waals surface area (Å²) in [5.41, 5.74) is 0.943. The molecule has 0 aliphatic carbocycles. The molecule has 7 heteroatoms. The van der Waals surface area contributed by atoms with Crippen LogP contribution in [0, 0.1) is 6.92 Å². The molecule has 0 radical (unpaired) electrons. The summed E-state index contributed by atoms with van der Waals surface area (Å²) in [4.78, 5) is 18.9. The first kappa shape index (κ1) is 14.8. The Morgan fingerprint density at radius 1 is 1.45 bits per heavy atom. The highest BCUT2D eigenvalue weighted by Crippen LogP contribution is 2.25. The summed E-state index contributed by atoms with van der Waals surface area (Å²) in [7, 11) is 0. The summed E-state index contributed by atoms with van der Waals surface area (Å²) < 4.78 is 1.98. The van der Waals surface area contributed by atoms with Gasteiger partial charge in [0.15, 0.2) is 5.13 Å². The first-order chi connectivity index (χ1) is 10.7. The summed E-state index contributed by atoms with van der Waals surface area (Å²) in [5, 5.41) is 8.59. The smallest absolute Gasteiger partial charge is 0.245 e. The molecule has 0 unspecified atom stereocenters. The van der Waals surface area contributed by atoms with Crippen LogP contribution in [0.2, 0.25) is 0 Å². The second kappa shape index (κ2) is 6.31. The van der Waals surface area contributed by atoms with Gasteiger partial charge in [0.05, 0.1) is 17.9 Å². The minimum atomic E-state index is 0.0143. The van der Waals surface area contributed by atoms with Crippen LogP contribution in [-0.4, -0.2) is 38.7 Å². The number of likely N-dealkylation sites (tertiary alicyclic amines) is 1. The molecule has 22 heavy (non-hydrogen) atoms. The number of aryl methyl sites for hydroxylation is 1. The third kappa shape index (κ3) is 3.19. The van der Waals surface area contributed by atoms with Crippen molar-refractivity contribution in [2.75, 3.05) is 18.4 Å². The number of anilines is 2. The average Bonchev–Trinajstić information content (AvgIpc) is 3.16. The maximum Gasteiger partial charge on any atom is 0.245 e. The van der Waals surface area contributed by atoms with Crippen LogP contribution < -0.4 is 5.32 Å². The Bertz CT molecular complexity index is 669. The van der Waals surface area contributed by atoms with Gasteiger partial charge in [0, 0.05) is 30.4 Å². The molecule has 2 aromatic rings. The normalized spacial score (nSPS) is 15.8. The number of carbonyl (C=O) groups excluding carboxylic acids is 1. The molecule has 0 saturated carbocycles. The molecule has 1 amide bonds. The standard InChI is InChI=1S/C15H19N5OS/c1-3-14(21)19-6-4-13(5-7-19)20-10-12(9-17-20)18-15-16-8-11(2)22-15/h3,8-10,13H,1,4-7H2,2H3,(H,16,18). The van der Waals surface area contributed by atoms with Crippen molar-refractivity contribution < 1.29 is 4.79 Å². The van der Waals surface area contributed by atoms with E-state index in [-0.39, 0.29) is 5.91 Å². The fourth-order valence-electron chi connectivity index (χ4n) is 2.62. The van der Waals surface area contributed by atoms with E-state index in [0.717, 1.165) is 36.8 Å². The summed E-state index contributed by atoms with van der Waals surface area (Å²) >= 11 is 1.62. The number of aromatic nitrogens is 3. The molecule has 1 aliphatic rings. The van der Waals surface area contributed by atoms with Crippen LogP contribution in [0.3, 0.4) is 0 Å². The summed E-state index contributed by atoms with van der Waals surface area (Å²) in [6, 6.07) is 0.336. The van der Waals surface area contributed by atoms with Crippen molar-refractivity contribution in [2.45, 2.75) is 25.8 Å². The van der Waals surface area contributed by atoms with Crippen LogP contribution in [0.25, 0.3) is 0 Å². The molecule has 0 aromatic carbocycles. The lowest BCUT2D eigenvalue weighted by molar-refractivity contribution is -0.127. The number of carbonyl (C=O) groups is 1. The number of thiazole rings is 1. The van der Waals surface area contributed by atoms with Crippen LogP contribution in [0.15, 0.2) is 31.2 Å². The Morgan fingerprint density at radius 3 is 2.86 bits per heavy atom. The number of nitrogens with zero attached hydrogens (tertiary/aromatic N) is 4. The molecule has 116 valence electrons. The molecule has 6 nitrogen and oxygen atoms in total. The fraction of sp³-hybridized carbons (Fsp3) is 0.400. The van der Waals surface area contributed by atoms with E-state index in [0.29, 0.717) is 6.04 Å². The summed E-state index contributed by atoms with van der Waals surface area (Å²) in [6.07, 6.45) is 8.88. The van der Waals surface area contributed by atoms with Gasteiger partial charge in [-0.2, -0.15) is 5.10 Å². The quantitative estimate of drug-likeness (QED) is 0.881. The maximum atomic E-state index is 11.6. The molecule has 0 atom stereocenters. The van der Waals surface area contributed by atoms with Gasteiger partial charge in [0.25, 0.3) is 0 Å². The van der Waals surface area contributed by atoms with Gasteiger partial charge in [-0.15, -0.1) is 11.3 Å². The highest BCUT2D eigenvalue weighted by Gasteiger charge is 2.23. The number of piperidine rings is 1. The molecular formula is C15H19N5OS. The highest BCUT2D eigenvalue weighted by molar-refractivity contribution is 7.15. The van der Waals surface area contributed by atoms with Gasteiger partial charge in [-0.3, -0.25) is 9.48 Å². The lowest BCUT2D eigenvalue weighted by atomic mass is 10.1. The zero-order valence-electron chi connectivity index (χ0n) is 12.5. The molecule has 0 spiro atoms. The zero-order valence-corrected chi connectivity index (χ0v) is 13.3. The number of hydrogen-bond donors (Lipinski definition) is 1. The van der Waals surface area contributed by atoms with Crippen molar-refractivity contribution >= 4 is 28.1 Å². The molecule has 1 fully saturated rings. The minimum absolute atomic E-state index is 0.0143. The van der Waals surface area contributed by atoms with E-state index in [1.807, 2.05) is 35.1 Å². The lowest BCUT2D eigenvalue weighted by Crippen LogP contribution is -2.38. The molecule has 2 aromatic heterocycles. The van der Waals surface area contributed by atoms with Crippen LogP contribution in [0.1, 0.15) is 23.8 Å². The van der Waals surface area contributed by atoms with Crippen LogP contribution >= 0.6 is 11.3 Å². The third-order valence-corrected chi connectivity index (χ3v) is 4.63. The van der Waals surface area contributed by atoms with Gasteiger partial charge in [0.1, 0.15) is 0 Å². The van der Waals surface area contributed by atoms with Gasteiger partial charge in [-0.05, 0) is 25.8 Å². The summed E-state index contributed by atoms with van der Waals surface area (Å²) in [5.74, 6) is 0.0143. The van der Waals surface area contributed by atoms with Crippen LogP contribution in [0.5, 0.6) is 0 Å². The molecule has 3 rings (SSSR count). The molecule has 1 N–H and O–H groups in total. The lowest BCUT2D eigenvalue weighted by Gasteiger charge is -2.31. The number of rotatable bonds is 4. The maximum absolute atomic E-state index is 11.6. The first-order valence-electron chi connectivity index (χ1n) is 7.30. The topological polar surface area (TPSA) is 63.1 Å². The van der Waals surface area contributed by atoms with Gasteiger partial charge in [-0.1, -0.05) is 6.58 Å². The second-order valence-electron chi connectivity index (χ2n) is 5.37. The third-order valence-electron chi connectivity index (χ3n) is 3.80. The Hall–Kier alpha value is -2.15. The summed E-state index contributed by atoms with van der Waals surface area (Å²) in [6.45, 7) is 7.08. The van der Waals surface area contributed by atoms with Gasteiger partial charge < -0.3 is 10.2 Å². The van der Waals surface area contributed by atoms with E-state index >= 15 is 0 Å². The second-order valence-corrected chi connectivity index (χ2v) is 6.61. The number of hydrogen-bond acceptors (Lipinski definition) is 5. The predicted octanol–water partition coefficient (Wildman–Crippen LogP) is 2.74. The molecule has 1 aliphatic heterocycles. The Morgan fingerprint density at radius 2 is 2.23 bits per heavy atom. The van der Waals surface area contributed by atoms with Gasteiger partial charge in [-0.25, -0.2) is 4.98 Å². The number of nitrogens with one attached hydrogen (secondary N) is 1. The Balaban J connectivity index is 1.60. The number of amides is 1. The van der Waals surface area contributed by atoms with Crippen molar-refractivity contribution in [3.05, 3.63) is 36.1 Å². The first-order valence-corrected chi connectivity index (χ1v) is 8.12. The predicted molar refractivity (Wildman–Crippen MR) is 87.4 cm³/mol. The molecule has 1 saturated heterocycles. The van der Waals surface area contributed by atoms with E-state index in [1.165, 1.54) is 11.0 Å². The van der Waals surface area contributed by atoms with Crippen molar-refractivity contribution in [3.8, 4) is 0 Å². The van der Waals surface area contributed by atoms with Crippen molar-refractivity contribution in [1.82, 2.24) is 19.7 Å². The van der Waals surface area contributed by atoms with Crippen LogP contribution in [0.4, 0.5) is 10.8 Å². The zero-order chi connectivity index (χ0) is 15.5. The van der Waals surface area contributed by atoms with E-state index in [1.54, 1.807) is 11.3 Å². The fourth-order valence-corrected chi connectivity index (χ4v) is 3.30. The highest BCUT2D eigenvalue weighted by atomic mass is 32.1. The molecule has 0 bridgehead atoms.